The number of hydrogen-bond acceptors (Lipinski definition) is 3. The molecule has 0 aromatic heterocycles. The molecule has 0 aliphatic rings. The summed E-state index contributed by atoms with van der Waals surface area (Å²) in [6.45, 7) is 0.388. The standard InChI is InChI=1S/C17H17NO4/c19-12-18-16(22-11-14-4-2-1-3-5-14)10-13-6-8-15(9-7-13)17(20)21/h1-9,12,16H,10-11H2,(H,18,19)(H,20,21). The van der Waals surface area contributed by atoms with Gasteiger partial charge in [0.2, 0.25) is 6.41 Å². The van der Waals surface area contributed by atoms with Crippen LogP contribution in [0.5, 0.6) is 0 Å². The molecule has 2 aromatic rings. The molecule has 0 radical (unpaired) electrons. The van der Waals surface area contributed by atoms with Crippen molar-refractivity contribution in [2.75, 3.05) is 0 Å². The van der Waals surface area contributed by atoms with Crippen LogP contribution in [0.4, 0.5) is 0 Å². The quantitative estimate of drug-likeness (QED) is 0.579. The van der Waals surface area contributed by atoms with Crippen molar-refractivity contribution in [2.45, 2.75) is 19.3 Å². The number of amides is 1. The first kappa shape index (κ1) is 15.7. The van der Waals surface area contributed by atoms with Gasteiger partial charge < -0.3 is 15.2 Å². The van der Waals surface area contributed by atoms with Crippen LogP contribution >= 0.6 is 0 Å². The lowest BCUT2D eigenvalue weighted by molar-refractivity contribution is -0.114. The Balaban J connectivity index is 1.95. The fourth-order valence-electron chi connectivity index (χ4n) is 2.01. The van der Waals surface area contributed by atoms with Gasteiger partial charge in [0.15, 0.2) is 0 Å². The second-order valence-corrected chi connectivity index (χ2v) is 4.78. The fraction of sp³-hybridized carbons (Fsp3) is 0.176. The number of nitrogens with one attached hydrogen (secondary N) is 1. The molecule has 2 aromatic carbocycles. The Morgan fingerprint density at radius 1 is 1.09 bits per heavy atom. The van der Waals surface area contributed by atoms with Crippen LogP contribution in [0, 0.1) is 0 Å². The van der Waals surface area contributed by atoms with Gasteiger partial charge in [-0.1, -0.05) is 42.5 Å². The van der Waals surface area contributed by atoms with Crippen LogP contribution in [-0.4, -0.2) is 23.7 Å². The van der Waals surface area contributed by atoms with Crippen LogP contribution < -0.4 is 5.32 Å². The molecular weight excluding hydrogens is 282 g/mol. The topological polar surface area (TPSA) is 75.6 Å². The minimum atomic E-state index is -0.963. The molecule has 2 rings (SSSR count). The van der Waals surface area contributed by atoms with E-state index in [2.05, 4.69) is 5.32 Å². The van der Waals surface area contributed by atoms with Gasteiger partial charge >= 0.3 is 5.97 Å². The molecule has 0 spiro atoms. The lowest BCUT2D eigenvalue weighted by Gasteiger charge is -2.17. The molecule has 0 heterocycles. The summed E-state index contributed by atoms with van der Waals surface area (Å²) < 4.78 is 5.69. The third kappa shape index (κ3) is 4.71. The molecule has 0 aliphatic heterocycles. The van der Waals surface area contributed by atoms with E-state index in [4.69, 9.17) is 9.84 Å². The van der Waals surface area contributed by atoms with Crippen molar-refractivity contribution in [2.24, 2.45) is 0 Å². The Bertz CT molecular complexity index is 610. The molecule has 1 amide bonds. The highest BCUT2D eigenvalue weighted by atomic mass is 16.5. The van der Waals surface area contributed by atoms with Crippen molar-refractivity contribution in [1.29, 1.82) is 0 Å². The zero-order valence-electron chi connectivity index (χ0n) is 11.9. The minimum absolute atomic E-state index is 0.230. The number of carbonyl (C=O) groups is 2. The maximum Gasteiger partial charge on any atom is 0.335 e. The van der Waals surface area contributed by atoms with E-state index in [1.54, 1.807) is 12.1 Å². The summed E-state index contributed by atoms with van der Waals surface area (Å²) in [6, 6.07) is 16.2. The lowest BCUT2D eigenvalue weighted by atomic mass is 10.1. The Kier molecular flexibility index (Phi) is 5.68. The minimum Gasteiger partial charge on any atom is -0.478 e. The van der Waals surface area contributed by atoms with Crippen LogP contribution in [0.3, 0.4) is 0 Å². The zero-order chi connectivity index (χ0) is 15.8. The average molecular weight is 299 g/mol. The Morgan fingerprint density at radius 2 is 1.77 bits per heavy atom. The van der Waals surface area contributed by atoms with Crippen LogP contribution in [0.1, 0.15) is 21.5 Å². The first-order valence-corrected chi connectivity index (χ1v) is 6.86. The Hall–Kier alpha value is -2.66. The second kappa shape index (κ2) is 7.95. The molecule has 5 heteroatoms. The summed E-state index contributed by atoms with van der Waals surface area (Å²) in [4.78, 5) is 21.5. The van der Waals surface area contributed by atoms with Crippen LogP contribution in [0.2, 0.25) is 0 Å². The van der Waals surface area contributed by atoms with Crippen LogP contribution in [0.15, 0.2) is 54.6 Å². The number of carbonyl (C=O) groups excluding carboxylic acids is 1. The van der Waals surface area contributed by atoms with E-state index in [9.17, 15) is 9.59 Å². The summed E-state index contributed by atoms with van der Waals surface area (Å²) in [5, 5.41) is 11.5. The lowest BCUT2D eigenvalue weighted by Crippen LogP contribution is -2.32. The molecule has 1 unspecified atom stereocenters. The smallest absolute Gasteiger partial charge is 0.335 e. The van der Waals surface area contributed by atoms with Crippen molar-refractivity contribution < 1.29 is 19.4 Å². The zero-order valence-corrected chi connectivity index (χ0v) is 11.9. The predicted octanol–water partition coefficient (Wildman–Crippen LogP) is 2.22. The van der Waals surface area contributed by atoms with E-state index in [1.807, 2.05) is 30.3 Å². The molecule has 0 saturated carbocycles. The van der Waals surface area contributed by atoms with Crippen molar-refractivity contribution in [3.05, 3.63) is 71.3 Å². The van der Waals surface area contributed by atoms with Crippen LogP contribution in [-0.2, 0) is 22.6 Å². The SMILES string of the molecule is O=CNC(Cc1ccc(C(=O)O)cc1)OCc1ccccc1. The average Bonchev–Trinajstić information content (AvgIpc) is 2.54. The molecule has 1 atom stereocenters. The van der Waals surface area contributed by atoms with Crippen molar-refractivity contribution in [1.82, 2.24) is 5.32 Å². The molecule has 0 bridgehead atoms. The van der Waals surface area contributed by atoms with Crippen molar-refractivity contribution in [3.8, 4) is 0 Å². The number of benzene rings is 2. The van der Waals surface area contributed by atoms with E-state index in [-0.39, 0.29) is 5.56 Å². The van der Waals surface area contributed by atoms with Gasteiger partial charge in [0.1, 0.15) is 6.23 Å². The summed E-state index contributed by atoms with van der Waals surface area (Å²) in [5.74, 6) is -0.963. The molecule has 2 N–H and O–H groups in total. The first-order chi connectivity index (χ1) is 10.7. The number of aromatic carboxylic acids is 1. The van der Waals surface area contributed by atoms with Gasteiger partial charge in [-0.2, -0.15) is 0 Å². The molecule has 5 nitrogen and oxygen atoms in total. The first-order valence-electron chi connectivity index (χ1n) is 6.86. The van der Waals surface area contributed by atoms with E-state index in [1.165, 1.54) is 12.1 Å². The highest BCUT2D eigenvalue weighted by molar-refractivity contribution is 5.87. The molecule has 0 aliphatic carbocycles. The molecule has 0 saturated heterocycles. The largest absolute Gasteiger partial charge is 0.478 e. The van der Waals surface area contributed by atoms with Crippen molar-refractivity contribution >= 4 is 12.4 Å². The van der Waals surface area contributed by atoms with Gasteiger partial charge in [0.05, 0.1) is 12.2 Å². The van der Waals surface area contributed by atoms with E-state index >= 15 is 0 Å². The van der Waals surface area contributed by atoms with Gasteiger partial charge in [-0.15, -0.1) is 0 Å². The van der Waals surface area contributed by atoms with Gasteiger partial charge in [-0.3, -0.25) is 4.79 Å². The second-order valence-electron chi connectivity index (χ2n) is 4.78. The Morgan fingerprint density at radius 3 is 2.36 bits per heavy atom. The highest BCUT2D eigenvalue weighted by Crippen LogP contribution is 2.09. The van der Waals surface area contributed by atoms with E-state index in [0.29, 0.717) is 19.4 Å². The summed E-state index contributed by atoms with van der Waals surface area (Å²) in [6.07, 6.45) is 0.598. The number of hydrogen-bond donors (Lipinski definition) is 2. The predicted molar refractivity (Wildman–Crippen MR) is 81.3 cm³/mol. The monoisotopic (exact) mass is 299 g/mol. The van der Waals surface area contributed by atoms with Crippen LogP contribution in [0.25, 0.3) is 0 Å². The third-order valence-electron chi connectivity index (χ3n) is 3.17. The number of carboxylic acids is 1. The Labute approximate surface area is 128 Å². The number of ether oxygens (including phenoxy) is 1. The molecule has 22 heavy (non-hydrogen) atoms. The van der Waals surface area contributed by atoms with Gasteiger partial charge in [-0.05, 0) is 23.3 Å². The number of carboxylic acid groups (broad SMARTS) is 1. The highest BCUT2D eigenvalue weighted by Gasteiger charge is 2.10. The maximum atomic E-state index is 10.8. The summed E-state index contributed by atoms with van der Waals surface area (Å²) >= 11 is 0. The maximum absolute atomic E-state index is 10.8. The van der Waals surface area contributed by atoms with Gasteiger partial charge in [0.25, 0.3) is 0 Å². The number of rotatable bonds is 8. The third-order valence-corrected chi connectivity index (χ3v) is 3.17. The summed E-state index contributed by atoms with van der Waals surface area (Å²) in [7, 11) is 0. The normalized spacial score (nSPS) is 11.6. The van der Waals surface area contributed by atoms with E-state index < -0.39 is 12.2 Å². The van der Waals surface area contributed by atoms with Gasteiger partial charge in [-0.25, -0.2) is 4.79 Å². The van der Waals surface area contributed by atoms with Crippen molar-refractivity contribution in [3.63, 3.8) is 0 Å². The van der Waals surface area contributed by atoms with E-state index in [0.717, 1.165) is 11.1 Å². The molecule has 0 fully saturated rings. The van der Waals surface area contributed by atoms with Gasteiger partial charge in [0, 0.05) is 6.42 Å². The summed E-state index contributed by atoms with van der Waals surface area (Å²) in [5.41, 5.74) is 2.13. The molecular formula is C17H17NO4. The fourth-order valence-corrected chi connectivity index (χ4v) is 2.01. The molecule has 114 valence electrons.